The molecule has 0 radical (unpaired) electrons. The SMILES string of the molecule is COC(=O)c1ccc(CN(c2cncnc2)S(C)(=O)=O)c(F)c1. The van der Waals surface area contributed by atoms with Gasteiger partial charge in [0.05, 0.1) is 43.6 Å². The van der Waals surface area contributed by atoms with E-state index in [2.05, 4.69) is 14.7 Å². The molecule has 0 unspecified atom stereocenters. The van der Waals surface area contributed by atoms with Gasteiger partial charge in [-0.1, -0.05) is 6.07 Å². The van der Waals surface area contributed by atoms with Crippen LogP contribution in [0.4, 0.5) is 10.1 Å². The van der Waals surface area contributed by atoms with Gasteiger partial charge in [0.2, 0.25) is 10.0 Å². The molecule has 0 saturated heterocycles. The van der Waals surface area contributed by atoms with E-state index in [9.17, 15) is 17.6 Å². The lowest BCUT2D eigenvalue weighted by atomic mass is 10.1. The number of ether oxygens (including phenoxy) is 1. The molecular weight excluding hydrogens is 325 g/mol. The zero-order valence-electron chi connectivity index (χ0n) is 12.4. The van der Waals surface area contributed by atoms with Crippen LogP contribution in [0.25, 0.3) is 0 Å². The zero-order chi connectivity index (χ0) is 17.0. The van der Waals surface area contributed by atoms with Gasteiger partial charge in [0.15, 0.2) is 0 Å². The van der Waals surface area contributed by atoms with Crippen LogP contribution in [-0.4, -0.2) is 37.7 Å². The van der Waals surface area contributed by atoms with Gasteiger partial charge in [-0.25, -0.2) is 27.6 Å². The van der Waals surface area contributed by atoms with Gasteiger partial charge in [-0.2, -0.15) is 0 Å². The van der Waals surface area contributed by atoms with E-state index in [4.69, 9.17) is 0 Å². The monoisotopic (exact) mass is 339 g/mol. The Morgan fingerprint density at radius 3 is 2.48 bits per heavy atom. The Balaban J connectivity index is 2.36. The van der Waals surface area contributed by atoms with Crippen molar-refractivity contribution in [2.45, 2.75) is 6.54 Å². The number of methoxy groups -OCH3 is 1. The van der Waals surface area contributed by atoms with E-state index < -0.39 is 21.8 Å². The summed E-state index contributed by atoms with van der Waals surface area (Å²) in [7, 11) is -2.48. The Kier molecular flexibility index (Phi) is 4.89. The normalized spacial score (nSPS) is 11.1. The second-order valence-corrected chi connectivity index (χ2v) is 6.57. The van der Waals surface area contributed by atoms with Crippen molar-refractivity contribution in [2.24, 2.45) is 0 Å². The van der Waals surface area contributed by atoms with Crippen LogP contribution in [0.15, 0.2) is 36.9 Å². The quantitative estimate of drug-likeness (QED) is 0.764. The molecule has 0 amide bonds. The summed E-state index contributed by atoms with van der Waals surface area (Å²) in [6.45, 7) is -0.251. The van der Waals surface area contributed by atoms with E-state index in [0.29, 0.717) is 0 Å². The molecule has 0 fully saturated rings. The van der Waals surface area contributed by atoms with Crippen molar-refractivity contribution in [3.8, 4) is 0 Å². The summed E-state index contributed by atoms with van der Waals surface area (Å²) < 4.78 is 43.5. The third-order valence-electron chi connectivity index (χ3n) is 3.02. The molecule has 23 heavy (non-hydrogen) atoms. The van der Waals surface area contributed by atoms with Gasteiger partial charge in [-0.05, 0) is 12.1 Å². The summed E-state index contributed by atoms with van der Waals surface area (Å²) in [6.07, 6.45) is 4.89. The molecule has 0 atom stereocenters. The highest BCUT2D eigenvalue weighted by atomic mass is 32.2. The number of nitrogens with zero attached hydrogens (tertiary/aromatic N) is 3. The second-order valence-electron chi connectivity index (χ2n) is 4.66. The van der Waals surface area contributed by atoms with Gasteiger partial charge in [0.1, 0.15) is 12.1 Å². The molecule has 2 rings (SSSR count). The molecule has 0 aliphatic rings. The molecule has 2 aromatic rings. The minimum absolute atomic E-state index is 0.0442. The first kappa shape index (κ1) is 16.8. The fraction of sp³-hybridized carbons (Fsp3) is 0.214. The van der Waals surface area contributed by atoms with Crippen molar-refractivity contribution < 1.29 is 22.3 Å². The first-order valence-corrected chi connectivity index (χ1v) is 8.27. The molecular formula is C14H14FN3O4S. The first-order valence-electron chi connectivity index (χ1n) is 6.42. The molecule has 0 spiro atoms. The fourth-order valence-corrected chi connectivity index (χ4v) is 2.75. The van der Waals surface area contributed by atoms with Crippen LogP contribution in [0.3, 0.4) is 0 Å². The summed E-state index contributed by atoms with van der Waals surface area (Å²) in [5.41, 5.74) is 0.362. The topological polar surface area (TPSA) is 89.5 Å². The molecule has 0 aliphatic carbocycles. The largest absolute Gasteiger partial charge is 0.465 e. The lowest BCUT2D eigenvalue weighted by molar-refractivity contribution is 0.0600. The summed E-state index contributed by atoms with van der Waals surface area (Å²) >= 11 is 0. The predicted octanol–water partition coefficient (Wildman–Crippen LogP) is 1.37. The smallest absolute Gasteiger partial charge is 0.337 e. The molecule has 0 saturated carbocycles. The van der Waals surface area contributed by atoms with Crippen molar-refractivity contribution in [3.05, 3.63) is 53.9 Å². The molecule has 1 heterocycles. The summed E-state index contributed by atoms with van der Waals surface area (Å²) in [5, 5.41) is 0. The Morgan fingerprint density at radius 2 is 1.96 bits per heavy atom. The van der Waals surface area contributed by atoms with E-state index in [1.807, 2.05) is 0 Å². The van der Waals surface area contributed by atoms with Crippen LogP contribution >= 0.6 is 0 Å². The molecule has 0 bridgehead atoms. The zero-order valence-corrected chi connectivity index (χ0v) is 13.2. The number of carbonyl (C=O) groups is 1. The van der Waals surface area contributed by atoms with Crippen LogP contribution in [0, 0.1) is 5.82 Å². The number of hydrogen-bond acceptors (Lipinski definition) is 6. The highest BCUT2D eigenvalue weighted by Crippen LogP contribution is 2.20. The maximum atomic E-state index is 14.2. The third-order valence-corrected chi connectivity index (χ3v) is 4.16. The fourth-order valence-electron chi connectivity index (χ4n) is 1.90. The van der Waals surface area contributed by atoms with E-state index >= 15 is 0 Å². The number of halogens is 1. The van der Waals surface area contributed by atoms with Gasteiger partial charge < -0.3 is 4.74 Å². The lowest BCUT2D eigenvalue weighted by Crippen LogP contribution is -2.30. The van der Waals surface area contributed by atoms with E-state index in [1.54, 1.807) is 0 Å². The average molecular weight is 339 g/mol. The third kappa shape index (κ3) is 4.01. The lowest BCUT2D eigenvalue weighted by Gasteiger charge is -2.22. The number of hydrogen-bond donors (Lipinski definition) is 0. The molecule has 9 heteroatoms. The van der Waals surface area contributed by atoms with E-state index in [-0.39, 0.29) is 23.4 Å². The number of carbonyl (C=O) groups excluding carboxylic acids is 1. The maximum Gasteiger partial charge on any atom is 0.337 e. The van der Waals surface area contributed by atoms with Crippen LogP contribution in [0.5, 0.6) is 0 Å². The van der Waals surface area contributed by atoms with Crippen molar-refractivity contribution in [1.82, 2.24) is 9.97 Å². The van der Waals surface area contributed by atoms with E-state index in [0.717, 1.165) is 16.6 Å². The first-order chi connectivity index (χ1) is 10.8. The van der Waals surface area contributed by atoms with Crippen LogP contribution in [0.2, 0.25) is 0 Å². The van der Waals surface area contributed by atoms with Crippen molar-refractivity contribution in [3.63, 3.8) is 0 Å². The highest BCUT2D eigenvalue weighted by molar-refractivity contribution is 7.92. The van der Waals surface area contributed by atoms with Crippen molar-refractivity contribution >= 4 is 21.7 Å². The minimum Gasteiger partial charge on any atom is -0.465 e. The van der Waals surface area contributed by atoms with Gasteiger partial charge in [-0.15, -0.1) is 0 Å². The standard InChI is InChI=1S/C14H14FN3O4S/c1-22-14(19)10-3-4-11(13(15)5-10)8-18(23(2,20)21)12-6-16-9-17-7-12/h3-7,9H,8H2,1-2H3. The van der Waals surface area contributed by atoms with Crippen molar-refractivity contribution in [1.29, 1.82) is 0 Å². The number of sulfonamides is 1. The Bertz CT molecular complexity index is 812. The number of rotatable bonds is 5. The Hall–Kier alpha value is -2.55. The molecule has 7 nitrogen and oxygen atoms in total. The Labute approximate surface area is 132 Å². The number of esters is 1. The maximum absolute atomic E-state index is 14.2. The molecule has 0 aliphatic heterocycles. The second kappa shape index (κ2) is 6.69. The summed E-state index contributed by atoms with van der Waals surface area (Å²) in [4.78, 5) is 18.9. The number of anilines is 1. The van der Waals surface area contributed by atoms with Crippen LogP contribution in [0.1, 0.15) is 15.9 Å². The highest BCUT2D eigenvalue weighted by Gasteiger charge is 2.20. The van der Waals surface area contributed by atoms with E-state index in [1.165, 1.54) is 38.0 Å². The van der Waals surface area contributed by atoms with Gasteiger partial charge >= 0.3 is 5.97 Å². The number of benzene rings is 1. The summed E-state index contributed by atoms with van der Waals surface area (Å²) in [6, 6.07) is 3.71. The predicted molar refractivity (Wildman–Crippen MR) is 80.8 cm³/mol. The molecule has 122 valence electrons. The minimum atomic E-state index is -3.67. The van der Waals surface area contributed by atoms with Gasteiger partial charge in [0.25, 0.3) is 0 Å². The van der Waals surface area contributed by atoms with Crippen LogP contribution < -0.4 is 4.31 Å². The van der Waals surface area contributed by atoms with Crippen LogP contribution in [-0.2, 0) is 21.3 Å². The molecule has 0 N–H and O–H groups in total. The average Bonchev–Trinajstić information content (AvgIpc) is 2.52. The Morgan fingerprint density at radius 1 is 1.30 bits per heavy atom. The summed E-state index contributed by atoms with van der Waals surface area (Å²) in [5.74, 6) is -1.38. The molecule has 1 aromatic heterocycles. The molecule has 1 aromatic carbocycles. The van der Waals surface area contributed by atoms with Gasteiger partial charge in [-0.3, -0.25) is 4.31 Å². The van der Waals surface area contributed by atoms with Gasteiger partial charge in [0, 0.05) is 5.56 Å². The van der Waals surface area contributed by atoms with Crippen molar-refractivity contribution in [2.75, 3.05) is 17.7 Å². The number of aromatic nitrogens is 2.